The summed E-state index contributed by atoms with van der Waals surface area (Å²) in [5.41, 5.74) is 2.81. The Kier molecular flexibility index (Phi) is 4.91. The van der Waals surface area contributed by atoms with Crippen LogP contribution in [0.25, 0.3) is 0 Å². The lowest BCUT2D eigenvalue weighted by Gasteiger charge is -2.42. The molecule has 4 nitrogen and oxygen atoms in total. The van der Waals surface area contributed by atoms with Gasteiger partial charge < -0.3 is 14.4 Å². The molecule has 5 atom stereocenters. The minimum Gasteiger partial charge on any atom is -0.490 e. The van der Waals surface area contributed by atoms with Crippen LogP contribution in [0, 0.1) is 11.8 Å². The quantitative estimate of drug-likeness (QED) is 0.669. The summed E-state index contributed by atoms with van der Waals surface area (Å²) in [7, 11) is 2.31. The van der Waals surface area contributed by atoms with Crippen molar-refractivity contribution in [3.05, 3.63) is 23.5 Å². The minimum absolute atomic E-state index is 0.196. The number of piperidine rings is 1. The van der Waals surface area contributed by atoms with E-state index >= 15 is 0 Å². The first-order valence-corrected chi connectivity index (χ1v) is 11.5. The highest BCUT2D eigenvalue weighted by Crippen LogP contribution is 2.41. The van der Waals surface area contributed by atoms with E-state index in [1.807, 2.05) is 0 Å². The molecule has 2 aliphatic carbocycles. The van der Waals surface area contributed by atoms with Gasteiger partial charge in [-0.15, -0.1) is 0 Å². The molecule has 3 heterocycles. The Morgan fingerprint density at radius 3 is 2.82 bits per heavy atom. The average Bonchev–Trinajstić information content (AvgIpc) is 3.53. The van der Waals surface area contributed by atoms with Gasteiger partial charge in [-0.05, 0) is 95.9 Å². The van der Waals surface area contributed by atoms with E-state index in [0.717, 1.165) is 37.8 Å². The van der Waals surface area contributed by atoms with Crippen LogP contribution in [-0.2, 0) is 9.47 Å². The summed E-state index contributed by atoms with van der Waals surface area (Å²) in [6.07, 6.45) is 14.8. The Hall–Kier alpha value is -1.13. The zero-order chi connectivity index (χ0) is 19.3. The van der Waals surface area contributed by atoms with Crippen molar-refractivity contribution in [3.63, 3.8) is 0 Å². The molecule has 0 N–H and O–H groups in total. The van der Waals surface area contributed by atoms with Crippen LogP contribution in [-0.4, -0.2) is 54.6 Å². The van der Waals surface area contributed by atoms with E-state index in [9.17, 15) is 0 Å². The largest absolute Gasteiger partial charge is 0.490 e. The zero-order valence-corrected chi connectivity index (χ0v) is 17.8. The molecular weight excluding hydrogens is 348 g/mol. The Bertz CT molecular complexity index is 703. The van der Waals surface area contributed by atoms with E-state index in [4.69, 9.17) is 14.5 Å². The lowest BCUT2D eigenvalue weighted by Crippen LogP contribution is -2.44. The maximum Gasteiger partial charge on any atom is 0.131 e. The number of epoxide rings is 1. The SMILES string of the molecule is CN1CCC[C@@H]2CC(C3=NC4CC=C(OC(C)(C)C5CO5)C[C@H]4CC3)=CC[C@@H]21. The molecule has 0 aromatic heterocycles. The predicted molar refractivity (Wildman–Crippen MR) is 113 cm³/mol. The molecule has 0 saturated carbocycles. The summed E-state index contributed by atoms with van der Waals surface area (Å²) in [5, 5.41) is 0. The van der Waals surface area contributed by atoms with Crippen molar-refractivity contribution in [1.82, 2.24) is 4.90 Å². The van der Waals surface area contributed by atoms with Crippen molar-refractivity contribution in [3.8, 4) is 0 Å². The highest BCUT2D eigenvalue weighted by molar-refractivity contribution is 6.00. The molecule has 2 fully saturated rings. The number of aliphatic imine (C=N–C) groups is 1. The number of nitrogens with zero attached hydrogens (tertiary/aromatic N) is 2. The topological polar surface area (TPSA) is 37.4 Å². The second-order valence-electron chi connectivity index (χ2n) is 10.2. The number of hydrogen-bond acceptors (Lipinski definition) is 4. The molecule has 3 aliphatic heterocycles. The van der Waals surface area contributed by atoms with Gasteiger partial charge in [0.25, 0.3) is 0 Å². The van der Waals surface area contributed by atoms with Gasteiger partial charge >= 0.3 is 0 Å². The van der Waals surface area contributed by atoms with Gasteiger partial charge in [0.15, 0.2) is 0 Å². The zero-order valence-electron chi connectivity index (χ0n) is 17.8. The van der Waals surface area contributed by atoms with Gasteiger partial charge in [-0.1, -0.05) is 6.08 Å². The van der Waals surface area contributed by atoms with Crippen molar-refractivity contribution in [1.29, 1.82) is 0 Å². The lowest BCUT2D eigenvalue weighted by molar-refractivity contribution is -0.00104. The predicted octanol–water partition coefficient (Wildman–Crippen LogP) is 4.51. The van der Waals surface area contributed by atoms with Gasteiger partial charge in [-0.25, -0.2) is 0 Å². The third-order valence-electron chi connectivity index (χ3n) is 7.83. The smallest absolute Gasteiger partial charge is 0.131 e. The minimum atomic E-state index is -0.196. The first kappa shape index (κ1) is 18.9. The van der Waals surface area contributed by atoms with E-state index < -0.39 is 0 Å². The second-order valence-corrected chi connectivity index (χ2v) is 10.2. The molecule has 28 heavy (non-hydrogen) atoms. The van der Waals surface area contributed by atoms with Crippen LogP contribution in [0.5, 0.6) is 0 Å². The summed E-state index contributed by atoms with van der Waals surface area (Å²) in [6, 6.07) is 1.23. The van der Waals surface area contributed by atoms with Gasteiger partial charge in [-0.3, -0.25) is 4.99 Å². The maximum absolute atomic E-state index is 6.34. The number of hydrogen-bond donors (Lipinski definition) is 0. The summed E-state index contributed by atoms with van der Waals surface area (Å²) in [5.74, 6) is 2.67. The molecule has 0 aromatic rings. The number of fused-ring (bicyclic) bond motifs is 2. The molecule has 5 rings (SSSR count). The molecule has 2 unspecified atom stereocenters. The highest BCUT2D eigenvalue weighted by Gasteiger charge is 2.43. The van der Waals surface area contributed by atoms with Crippen LogP contribution < -0.4 is 0 Å². The van der Waals surface area contributed by atoms with Crippen LogP contribution in [0.3, 0.4) is 0 Å². The Morgan fingerprint density at radius 2 is 2.00 bits per heavy atom. The third kappa shape index (κ3) is 3.70. The Morgan fingerprint density at radius 1 is 1.14 bits per heavy atom. The van der Waals surface area contributed by atoms with Gasteiger partial charge in [0.05, 0.1) is 18.4 Å². The van der Waals surface area contributed by atoms with Gasteiger partial charge in [-0.2, -0.15) is 0 Å². The van der Waals surface area contributed by atoms with Crippen molar-refractivity contribution in [2.45, 2.75) is 89.0 Å². The van der Waals surface area contributed by atoms with Crippen LogP contribution in [0.1, 0.15) is 65.2 Å². The van der Waals surface area contributed by atoms with Gasteiger partial charge in [0.2, 0.25) is 0 Å². The first-order valence-electron chi connectivity index (χ1n) is 11.5. The Balaban J connectivity index is 1.25. The van der Waals surface area contributed by atoms with Crippen LogP contribution in [0.15, 0.2) is 28.5 Å². The number of rotatable bonds is 4. The van der Waals surface area contributed by atoms with Crippen molar-refractivity contribution in [2.75, 3.05) is 20.2 Å². The van der Waals surface area contributed by atoms with Gasteiger partial charge in [0.1, 0.15) is 11.7 Å². The molecule has 2 saturated heterocycles. The van der Waals surface area contributed by atoms with E-state index in [2.05, 4.69) is 37.9 Å². The van der Waals surface area contributed by atoms with Crippen molar-refractivity contribution < 1.29 is 9.47 Å². The molecule has 4 heteroatoms. The third-order valence-corrected chi connectivity index (χ3v) is 7.83. The summed E-state index contributed by atoms with van der Waals surface area (Å²) in [4.78, 5) is 7.86. The summed E-state index contributed by atoms with van der Waals surface area (Å²) >= 11 is 0. The molecule has 0 amide bonds. The van der Waals surface area contributed by atoms with Crippen LogP contribution in [0.2, 0.25) is 0 Å². The van der Waals surface area contributed by atoms with Gasteiger partial charge in [0, 0.05) is 18.2 Å². The average molecular weight is 385 g/mol. The van der Waals surface area contributed by atoms with E-state index in [-0.39, 0.29) is 11.7 Å². The first-order chi connectivity index (χ1) is 13.5. The molecule has 0 spiro atoms. The number of ether oxygens (including phenoxy) is 2. The number of allylic oxidation sites excluding steroid dienone is 2. The van der Waals surface area contributed by atoms with E-state index in [1.54, 1.807) is 5.57 Å². The molecule has 0 bridgehead atoms. The second kappa shape index (κ2) is 7.28. The van der Waals surface area contributed by atoms with Crippen molar-refractivity contribution >= 4 is 5.71 Å². The summed E-state index contributed by atoms with van der Waals surface area (Å²) < 4.78 is 11.8. The standard InChI is InChI=1S/C24H36N2O2/c1-24(2,23-15-27-23)28-19-8-10-21-17(14-19)6-9-20(25-21)16-7-11-22-18(13-16)5-4-12-26(22)3/h7-8,17-18,21-23H,4-6,9-15H2,1-3H3/t17-,18-,21?,22+,23?/m1/s1. The summed E-state index contributed by atoms with van der Waals surface area (Å²) in [6.45, 7) is 6.42. The fourth-order valence-corrected chi connectivity index (χ4v) is 5.94. The molecule has 0 aromatic carbocycles. The highest BCUT2D eigenvalue weighted by atomic mass is 16.6. The van der Waals surface area contributed by atoms with E-state index in [0.29, 0.717) is 12.0 Å². The molecular formula is C24H36N2O2. The molecule has 0 radical (unpaired) electrons. The van der Waals surface area contributed by atoms with Crippen LogP contribution >= 0.6 is 0 Å². The lowest BCUT2D eigenvalue weighted by atomic mass is 9.75. The normalized spacial score (nSPS) is 38.5. The monoisotopic (exact) mass is 384 g/mol. The molecule has 154 valence electrons. The fraction of sp³-hybridized carbons (Fsp3) is 0.792. The maximum atomic E-state index is 6.34. The Labute approximate surface area is 170 Å². The van der Waals surface area contributed by atoms with E-state index in [1.165, 1.54) is 50.1 Å². The molecule has 5 aliphatic rings. The fourth-order valence-electron chi connectivity index (χ4n) is 5.94. The van der Waals surface area contributed by atoms with Crippen LogP contribution in [0.4, 0.5) is 0 Å². The van der Waals surface area contributed by atoms with Crippen molar-refractivity contribution in [2.24, 2.45) is 16.8 Å². The number of likely N-dealkylation sites (tertiary alicyclic amines) is 1.